The average Bonchev–Trinajstić information content (AvgIpc) is 2.89. The van der Waals surface area contributed by atoms with Crippen molar-refractivity contribution in [2.24, 2.45) is 5.73 Å². The van der Waals surface area contributed by atoms with Gasteiger partial charge in [0, 0.05) is 25.7 Å². The van der Waals surface area contributed by atoms with Gasteiger partial charge in [-0.2, -0.15) is 0 Å². The maximum atomic E-state index is 6.05. The van der Waals surface area contributed by atoms with Gasteiger partial charge in [0.05, 0.1) is 6.54 Å². The van der Waals surface area contributed by atoms with Gasteiger partial charge in [-0.05, 0) is 25.0 Å². The van der Waals surface area contributed by atoms with Gasteiger partial charge in [-0.25, -0.2) is 0 Å². The highest BCUT2D eigenvalue weighted by Crippen LogP contribution is 2.26. The van der Waals surface area contributed by atoms with Gasteiger partial charge in [-0.3, -0.25) is 4.90 Å². The first kappa shape index (κ1) is 13.3. The summed E-state index contributed by atoms with van der Waals surface area (Å²) in [6.07, 6.45) is 1.81. The molecular weight excluding hydrogens is 250 g/mol. The molecule has 1 aromatic carbocycles. The molecule has 0 radical (unpaired) electrons. The molecule has 1 unspecified atom stereocenters. The van der Waals surface area contributed by atoms with Crippen LogP contribution in [0.4, 0.5) is 0 Å². The molecule has 106 valence electrons. The monoisotopic (exact) mass is 271 g/mol. The van der Waals surface area contributed by atoms with E-state index in [2.05, 4.69) is 51.7 Å². The van der Waals surface area contributed by atoms with Crippen molar-refractivity contribution in [1.82, 2.24) is 19.7 Å². The van der Waals surface area contributed by atoms with Crippen LogP contribution in [0.2, 0.25) is 0 Å². The summed E-state index contributed by atoms with van der Waals surface area (Å²) >= 11 is 0. The van der Waals surface area contributed by atoms with Gasteiger partial charge in [0.1, 0.15) is 12.2 Å². The molecule has 3 rings (SSSR count). The Morgan fingerprint density at radius 3 is 2.90 bits per heavy atom. The van der Waals surface area contributed by atoms with Crippen molar-refractivity contribution < 1.29 is 0 Å². The van der Waals surface area contributed by atoms with Crippen LogP contribution in [0.25, 0.3) is 0 Å². The fraction of sp³-hybridized carbons (Fsp3) is 0.467. The molecule has 0 bridgehead atoms. The SMILES string of the molecule is Cc1ccc(C(CN)N2CCn3cnnc3C2)c(C)c1. The van der Waals surface area contributed by atoms with Crippen molar-refractivity contribution >= 4 is 0 Å². The third-order valence-corrected chi connectivity index (χ3v) is 4.12. The van der Waals surface area contributed by atoms with Crippen LogP contribution in [0.3, 0.4) is 0 Å². The lowest BCUT2D eigenvalue weighted by Gasteiger charge is -2.34. The van der Waals surface area contributed by atoms with Crippen molar-refractivity contribution in [3.63, 3.8) is 0 Å². The van der Waals surface area contributed by atoms with E-state index in [0.717, 1.165) is 25.5 Å². The predicted octanol–water partition coefficient (Wildman–Crippen LogP) is 1.41. The van der Waals surface area contributed by atoms with Gasteiger partial charge < -0.3 is 10.3 Å². The highest BCUT2D eigenvalue weighted by atomic mass is 15.3. The molecule has 1 aliphatic rings. The van der Waals surface area contributed by atoms with Crippen molar-refractivity contribution in [1.29, 1.82) is 0 Å². The van der Waals surface area contributed by atoms with Crippen LogP contribution in [0.5, 0.6) is 0 Å². The first-order chi connectivity index (χ1) is 9.69. The summed E-state index contributed by atoms with van der Waals surface area (Å²) in [5.74, 6) is 1.03. The Kier molecular flexibility index (Phi) is 3.54. The van der Waals surface area contributed by atoms with Gasteiger partial charge in [0.2, 0.25) is 0 Å². The Labute approximate surface area is 119 Å². The zero-order chi connectivity index (χ0) is 14.1. The molecule has 0 aliphatic carbocycles. The lowest BCUT2D eigenvalue weighted by molar-refractivity contribution is 0.156. The maximum absolute atomic E-state index is 6.05. The molecule has 5 nitrogen and oxygen atoms in total. The van der Waals surface area contributed by atoms with Crippen LogP contribution in [0, 0.1) is 13.8 Å². The summed E-state index contributed by atoms with van der Waals surface area (Å²) < 4.78 is 2.12. The molecule has 2 heterocycles. The van der Waals surface area contributed by atoms with Crippen LogP contribution < -0.4 is 5.73 Å². The fourth-order valence-electron chi connectivity index (χ4n) is 3.02. The number of aryl methyl sites for hydroxylation is 2. The fourth-order valence-corrected chi connectivity index (χ4v) is 3.02. The molecule has 0 amide bonds. The van der Waals surface area contributed by atoms with E-state index in [1.807, 2.05) is 0 Å². The predicted molar refractivity (Wildman–Crippen MR) is 78.1 cm³/mol. The summed E-state index contributed by atoms with van der Waals surface area (Å²) in [5.41, 5.74) is 9.98. The van der Waals surface area contributed by atoms with Crippen LogP contribution in [0.15, 0.2) is 24.5 Å². The minimum Gasteiger partial charge on any atom is -0.329 e. The molecule has 1 aromatic heterocycles. The zero-order valence-electron chi connectivity index (χ0n) is 12.1. The Hall–Kier alpha value is -1.72. The lowest BCUT2D eigenvalue weighted by atomic mass is 9.97. The van der Waals surface area contributed by atoms with E-state index in [1.165, 1.54) is 16.7 Å². The normalized spacial score (nSPS) is 16.9. The topological polar surface area (TPSA) is 60.0 Å². The third kappa shape index (κ3) is 2.34. The smallest absolute Gasteiger partial charge is 0.147 e. The van der Waals surface area contributed by atoms with E-state index in [-0.39, 0.29) is 6.04 Å². The van der Waals surface area contributed by atoms with E-state index >= 15 is 0 Å². The number of hydrogen-bond donors (Lipinski definition) is 1. The van der Waals surface area contributed by atoms with Crippen molar-refractivity contribution in [2.75, 3.05) is 13.1 Å². The van der Waals surface area contributed by atoms with Gasteiger partial charge in [-0.1, -0.05) is 23.8 Å². The van der Waals surface area contributed by atoms with Crippen molar-refractivity contribution in [2.45, 2.75) is 33.0 Å². The summed E-state index contributed by atoms with van der Waals surface area (Å²) in [6.45, 7) is 7.65. The number of benzene rings is 1. The molecule has 0 saturated heterocycles. The number of rotatable bonds is 3. The largest absolute Gasteiger partial charge is 0.329 e. The van der Waals surface area contributed by atoms with Crippen LogP contribution in [-0.4, -0.2) is 32.8 Å². The van der Waals surface area contributed by atoms with Crippen LogP contribution in [-0.2, 0) is 13.1 Å². The molecule has 5 heteroatoms. The molecule has 0 saturated carbocycles. The highest BCUT2D eigenvalue weighted by Gasteiger charge is 2.25. The Bertz CT molecular complexity index is 604. The quantitative estimate of drug-likeness (QED) is 0.917. The minimum atomic E-state index is 0.251. The van der Waals surface area contributed by atoms with Gasteiger partial charge in [0.25, 0.3) is 0 Å². The van der Waals surface area contributed by atoms with Crippen molar-refractivity contribution in [3.8, 4) is 0 Å². The van der Waals surface area contributed by atoms with E-state index in [0.29, 0.717) is 6.54 Å². The Morgan fingerprint density at radius 1 is 1.30 bits per heavy atom. The van der Waals surface area contributed by atoms with E-state index in [9.17, 15) is 0 Å². The number of hydrogen-bond acceptors (Lipinski definition) is 4. The molecule has 20 heavy (non-hydrogen) atoms. The van der Waals surface area contributed by atoms with E-state index < -0.39 is 0 Å². The van der Waals surface area contributed by atoms with Gasteiger partial charge in [-0.15, -0.1) is 10.2 Å². The number of fused-ring (bicyclic) bond motifs is 1. The summed E-state index contributed by atoms with van der Waals surface area (Å²) in [6, 6.07) is 6.85. The van der Waals surface area contributed by atoms with Gasteiger partial charge in [0.15, 0.2) is 0 Å². The third-order valence-electron chi connectivity index (χ3n) is 4.12. The first-order valence-corrected chi connectivity index (χ1v) is 7.07. The summed E-state index contributed by atoms with van der Waals surface area (Å²) in [4.78, 5) is 2.40. The summed E-state index contributed by atoms with van der Waals surface area (Å²) in [5, 5.41) is 8.16. The minimum absolute atomic E-state index is 0.251. The lowest BCUT2D eigenvalue weighted by Crippen LogP contribution is -2.39. The van der Waals surface area contributed by atoms with Crippen molar-refractivity contribution in [3.05, 3.63) is 47.0 Å². The molecule has 1 aliphatic heterocycles. The zero-order valence-corrected chi connectivity index (χ0v) is 12.1. The Morgan fingerprint density at radius 2 is 2.15 bits per heavy atom. The van der Waals surface area contributed by atoms with E-state index in [1.54, 1.807) is 6.33 Å². The average molecular weight is 271 g/mol. The second-order valence-electron chi connectivity index (χ2n) is 5.52. The molecular formula is C15H21N5. The summed E-state index contributed by atoms with van der Waals surface area (Å²) in [7, 11) is 0. The highest BCUT2D eigenvalue weighted by molar-refractivity contribution is 5.33. The molecule has 2 aromatic rings. The number of nitrogens with zero attached hydrogens (tertiary/aromatic N) is 4. The second-order valence-corrected chi connectivity index (χ2v) is 5.52. The molecule has 2 N–H and O–H groups in total. The molecule has 1 atom stereocenters. The standard InChI is InChI=1S/C15H21N5/c1-11-3-4-13(12(2)7-11)14(8-16)19-5-6-20-10-17-18-15(20)9-19/h3-4,7,10,14H,5-6,8-9,16H2,1-2H3. The van der Waals surface area contributed by atoms with Crippen LogP contribution in [0.1, 0.15) is 28.6 Å². The Balaban J connectivity index is 1.87. The number of aromatic nitrogens is 3. The maximum Gasteiger partial charge on any atom is 0.147 e. The molecule has 0 fully saturated rings. The number of nitrogens with two attached hydrogens (primary N) is 1. The first-order valence-electron chi connectivity index (χ1n) is 7.07. The molecule has 0 spiro atoms. The van der Waals surface area contributed by atoms with Crippen LogP contribution >= 0.6 is 0 Å². The van der Waals surface area contributed by atoms with E-state index in [4.69, 9.17) is 5.73 Å². The van der Waals surface area contributed by atoms with Gasteiger partial charge >= 0.3 is 0 Å². The second kappa shape index (κ2) is 5.34.